The van der Waals surface area contributed by atoms with Crippen molar-refractivity contribution >= 4 is 29.1 Å². The molecule has 0 aliphatic carbocycles. The van der Waals surface area contributed by atoms with Crippen molar-refractivity contribution in [2.24, 2.45) is 11.1 Å². The van der Waals surface area contributed by atoms with Crippen molar-refractivity contribution in [1.29, 1.82) is 0 Å². The van der Waals surface area contributed by atoms with Crippen molar-refractivity contribution in [2.45, 2.75) is 20.4 Å². The number of nitrogens with zero attached hydrogens (tertiary/aromatic N) is 1. The van der Waals surface area contributed by atoms with E-state index in [9.17, 15) is 18.4 Å². The number of nitrogens with one attached hydrogen (secondary N) is 1. The molecule has 3 rings (SSSR count). The van der Waals surface area contributed by atoms with Crippen molar-refractivity contribution in [2.75, 3.05) is 32.6 Å². The van der Waals surface area contributed by atoms with Crippen LogP contribution in [0, 0.1) is 17.0 Å². The van der Waals surface area contributed by atoms with Crippen LogP contribution in [0.2, 0.25) is 5.02 Å². The molecule has 0 unspecified atom stereocenters. The molecule has 3 aromatic carbocycles. The fourth-order valence-electron chi connectivity index (χ4n) is 3.80. The molecule has 0 saturated heterocycles. The van der Waals surface area contributed by atoms with Crippen molar-refractivity contribution in [3.8, 4) is 11.5 Å². The summed E-state index contributed by atoms with van der Waals surface area (Å²) in [4.78, 5) is 27.8. The van der Waals surface area contributed by atoms with E-state index in [1.165, 1.54) is 14.2 Å². The fourth-order valence-corrected chi connectivity index (χ4v) is 3.98. The summed E-state index contributed by atoms with van der Waals surface area (Å²) in [6.07, 6.45) is 0. The van der Waals surface area contributed by atoms with Crippen molar-refractivity contribution in [1.82, 2.24) is 4.90 Å². The molecular weight excluding hydrogens is 516 g/mol. The Balaban J connectivity index is 1.91. The smallest absolute Gasteiger partial charge is 0.255 e. The zero-order chi connectivity index (χ0) is 28.0. The molecule has 0 aromatic heterocycles. The summed E-state index contributed by atoms with van der Waals surface area (Å²) < 4.78 is 37.7. The van der Waals surface area contributed by atoms with Gasteiger partial charge in [-0.2, -0.15) is 0 Å². The van der Waals surface area contributed by atoms with Gasteiger partial charge in [0.2, 0.25) is 0 Å². The van der Waals surface area contributed by atoms with Crippen LogP contribution in [0.4, 0.5) is 14.5 Å². The number of rotatable bonds is 10. The lowest BCUT2D eigenvalue weighted by Gasteiger charge is -2.32. The maximum Gasteiger partial charge on any atom is 0.255 e. The Morgan fingerprint density at radius 1 is 0.947 bits per heavy atom. The van der Waals surface area contributed by atoms with Gasteiger partial charge in [0.25, 0.3) is 11.8 Å². The van der Waals surface area contributed by atoms with Crippen LogP contribution in [0.25, 0.3) is 0 Å². The van der Waals surface area contributed by atoms with E-state index in [2.05, 4.69) is 5.32 Å². The lowest BCUT2D eigenvalue weighted by atomic mass is 9.92. The van der Waals surface area contributed by atoms with Crippen LogP contribution in [0.5, 0.6) is 11.5 Å². The maximum atomic E-state index is 13.6. The molecule has 0 aliphatic heterocycles. The SMILES string of the molecule is COc1ccc(C(=O)N(Cc2cc(NC(=O)c3cc(F)cc(F)c3)ccc2Cl)CC(C)(C)CN)cc1OC. The molecule has 2 amide bonds. The second-order valence-corrected chi connectivity index (χ2v) is 9.92. The first-order valence-electron chi connectivity index (χ1n) is 11.7. The van der Waals surface area contributed by atoms with E-state index in [1.54, 1.807) is 41.3 Å². The van der Waals surface area contributed by atoms with Crippen LogP contribution in [-0.4, -0.2) is 44.0 Å². The Labute approximate surface area is 225 Å². The number of methoxy groups -OCH3 is 2. The van der Waals surface area contributed by atoms with E-state index in [0.717, 1.165) is 12.1 Å². The van der Waals surface area contributed by atoms with E-state index >= 15 is 0 Å². The fraction of sp³-hybridized carbons (Fsp3) is 0.286. The molecule has 3 N–H and O–H groups in total. The highest BCUT2D eigenvalue weighted by atomic mass is 35.5. The number of carbonyl (C=O) groups excluding carboxylic acids is 2. The highest BCUT2D eigenvalue weighted by Gasteiger charge is 2.26. The van der Waals surface area contributed by atoms with Crippen LogP contribution in [0.1, 0.15) is 40.1 Å². The number of nitrogens with two attached hydrogens (primary N) is 1. The number of hydrogen-bond donors (Lipinski definition) is 2. The predicted octanol–water partition coefficient (Wildman–Crippen LogP) is 5.52. The number of carbonyl (C=O) groups is 2. The number of ether oxygens (including phenoxy) is 2. The van der Waals surface area contributed by atoms with Gasteiger partial charge in [-0.25, -0.2) is 8.78 Å². The van der Waals surface area contributed by atoms with Gasteiger partial charge in [-0.15, -0.1) is 0 Å². The predicted molar refractivity (Wildman–Crippen MR) is 143 cm³/mol. The summed E-state index contributed by atoms with van der Waals surface area (Å²) in [5, 5.41) is 2.99. The monoisotopic (exact) mass is 545 g/mol. The first-order chi connectivity index (χ1) is 18.0. The third-order valence-electron chi connectivity index (χ3n) is 5.88. The summed E-state index contributed by atoms with van der Waals surface area (Å²) in [6.45, 7) is 4.63. The van der Waals surface area contributed by atoms with E-state index in [1.807, 2.05) is 13.8 Å². The Morgan fingerprint density at radius 2 is 1.61 bits per heavy atom. The minimum absolute atomic E-state index is 0.105. The summed E-state index contributed by atoms with van der Waals surface area (Å²) >= 11 is 6.47. The topological polar surface area (TPSA) is 93.9 Å². The second-order valence-electron chi connectivity index (χ2n) is 9.52. The Bertz CT molecular complexity index is 1310. The second kappa shape index (κ2) is 12.2. The third-order valence-corrected chi connectivity index (χ3v) is 6.25. The minimum Gasteiger partial charge on any atom is -0.493 e. The van der Waals surface area contributed by atoms with Crippen LogP contribution in [0.3, 0.4) is 0 Å². The van der Waals surface area contributed by atoms with Gasteiger partial charge in [-0.3, -0.25) is 9.59 Å². The van der Waals surface area contributed by atoms with Gasteiger partial charge in [0.15, 0.2) is 11.5 Å². The highest BCUT2D eigenvalue weighted by molar-refractivity contribution is 6.31. The van der Waals surface area contributed by atoms with Gasteiger partial charge < -0.3 is 25.4 Å². The molecule has 0 spiro atoms. The lowest BCUT2D eigenvalue weighted by molar-refractivity contribution is 0.0673. The molecular formula is C28H30ClF2N3O4. The van der Waals surface area contributed by atoms with Crippen molar-refractivity contribution in [3.63, 3.8) is 0 Å². The van der Waals surface area contributed by atoms with Gasteiger partial charge >= 0.3 is 0 Å². The molecule has 38 heavy (non-hydrogen) atoms. The first-order valence-corrected chi connectivity index (χ1v) is 12.1. The Hall–Kier alpha value is -3.69. The normalized spacial score (nSPS) is 11.2. The first kappa shape index (κ1) is 28.9. The number of anilines is 1. The molecule has 0 fully saturated rings. The molecule has 10 heteroatoms. The van der Waals surface area contributed by atoms with Crippen LogP contribution < -0.4 is 20.5 Å². The summed E-state index contributed by atoms with van der Waals surface area (Å²) in [7, 11) is 2.99. The standard InChI is InChI=1S/C28H30ClF2N3O4/c1-28(2,15-32)16-34(27(36)17-5-8-24(37-3)25(12-17)38-4)14-19-11-22(6-7-23(19)29)33-26(35)18-9-20(30)13-21(31)10-18/h5-13H,14-16,32H2,1-4H3,(H,33,35). The molecule has 202 valence electrons. The average Bonchev–Trinajstić information content (AvgIpc) is 2.88. The van der Waals surface area contributed by atoms with E-state index in [0.29, 0.717) is 52.5 Å². The van der Waals surface area contributed by atoms with Crippen molar-refractivity contribution in [3.05, 3.63) is 87.9 Å². The Kier molecular flexibility index (Phi) is 9.30. The number of hydrogen-bond acceptors (Lipinski definition) is 5. The molecule has 3 aromatic rings. The van der Waals surface area contributed by atoms with Gasteiger partial charge in [0.05, 0.1) is 14.2 Å². The molecule has 0 aliphatic rings. The van der Waals surface area contributed by atoms with Crippen LogP contribution in [-0.2, 0) is 6.54 Å². The molecule has 7 nitrogen and oxygen atoms in total. The van der Waals surface area contributed by atoms with Crippen LogP contribution >= 0.6 is 11.6 Å². The Morgan fingerprint density at radius 3 is 2.21 bits per heavy atom. The third kappa shape index (κ3) is 7.20. The molecule has 0 radical (unpaired) electrons. The molecule has 0 saturated carbocycles. The van der Waals surface area contributed by atoms with E-state index < -0.39 is 23.0 Å². The number of benzene rings is 3. The summed E-state index contributed by atoms with van der Waals surface area (Å²) in [6, 6.07) is 12.2. The summed E-state index contributed by atoms with van der Waals surface area (Å²) in [5.41, 5.74) is 6.65. The quantitative estimate of drug-likeness (QED) is 0.350. The highest BCUT2D eigenvalue weighted by Crippen LogP contribution is 2.30. The number of amides is 2. The molecule has 0 heterocycles. The zero-order valence-electron chi connectivity index (χ0n) is 21.6. The molecule has 0 atom stereocenters. The van der Waals surface area contributed by atoms with Gasteiger partial charge in [0, 0.05) is 41.0 Å². The lowest BCUT2D eigenvalue weighted by Crippen LogP contribution is -2.41. The average molecular weight is 546 g/mol. The summed E-state index contributed by atoms with van der Waals surface area (Å²) in [5.74, 6) is -1.81. The van der Waals surface area contributed by atoms with Gasteiger partial charge in [0.1, 0.15) is 11.6 Å². The van der Waals surface area contributed by atoms with E-state index in [4.69, 9.17) is 26.8 Å². The van der Waals surface area contributed by atoms with Crippen LogP contribution in [0.15, 0.2) is 54.6 Å². The minimum atomic E-state index is -0.862. The number of halogens is 3. The van der Waals surface area contributed by atoms with Gasteiger partial charge in [-0.1, -0.05) is 25.4 Å². The maximum absolute atomic E-state index is 13.6. The largest absolute Gasteiger partial charge is 0.493 e. The van der Waals surface area contributed by atoms with Crippen molar-refractivity contribution < 1.29 is 27.8 Å². The zero-order valence-corrected chi connectivity index (χ0v) is 22.4. The van der Waals surface area contributed by atoms with E-state index in [-0.39, 0.29) is 18.0 Å². The molecule has 0 bridgehead atoms. The van der Waals surface area contributed by atoms with Gasteiger partial charge in [-0.05, 0) is 66.1 Å².